The van der Waals surface area contributed by atoms with E-state index in [0.29, 0.717) is 22.2 Å². The first-order valence-corrected chi connectivity index (χ1v) is 8.17. The molecule has 1 aromatic heterocycles. The Labute approximate surface area is 129 Å². The second-order valence-electron chi connectivity index (χ2n) is 5.82. The van der Waals surface area contributed by atoms with Crippen LogP contribution in [-0.4, -0.2) is 30.4 Å². The van der Waals surface area contributed by atoms with Crippen LogP contribution in [0.25, 0.3) is 0 Å². The molecule has 1 unspecified atom stereocenters. The van der Waals surface area contributed by atoms with Gasteiger partial charge < -0.3 is 20.5 Å². The fourth-order valence-electron chi connectivity index (χ4n) is 2.64. The minimum atomic E-state index is -0.262. The van der Waals surface area contributed by atoms with Gasteiger partial charge >= 0.3 is 0 Å². The van der Waals surface area contributed by atoms with E-state index in [2.05, 4.69) is 11.0 Å². The summed E-state index contributed by atoms with van der Waals surface area (Å²) in [6.45, 7) is 7.47. The van der Waals surface area contributed by atoms with Crippen molar-refractivity contribution in [1.29, 1.82) is 5.26 Å². The number of hydrogen-bond acceptors (Lipinski definition) is 6. The van der Waals surface area contributed by atoms with Crippen LogP contribution < -0.4 is 15.4 Å². The minimum absolute atomic E-state index is 0.0159. The number of nitriles is 1. The van der Waals surface area contributed by atoms with E-state index < -0.39 is 0 Å². The van der Waals surface area contributed by atoms with Crippen molar-refractivity contribution in [1.82, 2.24) is 0 Å². The molecule has 2 heterocycles. The molecule has 1 saturated heterocycles. The summed E-state index contributed by atoms with van der Waals surface area (Å²) in [5.74, 6) is 0.991. The Kier molecular flexibility index (Phi) is 4.96. The largest absolute Gasteiger partial charge is 0.486 e. The van der Waals surface area contributed by atoms with Crippen LogP contribution in [0.5, 0.6) is 5.75 Å². The first-order chi connectivity index (χ1) is 9.93. The van der Waals surface area contributed by atoms with Gasteiger partial charge in [-0.25, -0.2) is 0 Å². The van der Waals surface area contributed by atoms with Crippen molar-refractivity contribution in [3.63, 3.8) is 0 Å². The number of piperidine rings is 1. The van der Waals surface area contributed by atoms with Gasteiger partial charge in [0, 0.05) is 13.1 Å². The Morgan fingerprint density at radius 2 is 2.00 bits per heavy atom. The Bertz CT molecular complexity index is 526. The Morgan fingerprint density at radius 1 is 1.38 bits per heavy atom. The molecule has 0 spiro atoms. The van der Waals surface area contributed by atoms with Crippen LogP contribution in [0.4, 0.5) is 10.7 Å². The van der Waals surface area contributed by atoms with Gasteiger partial charge in [0.15, 0.2) is 5.75 Å². The summed E-state index contributed by atoms with van der Waals surface area (Å²) in [6, 6.07) is 2.14. The van der Waals surface area contributed by atoms with Crippen molar-refractivity contribution in [2.45, 2.75) is 45.8 Å². The molecule has 2 rings (SSSR count). The minimum Gasteiger partial charge on any atom is -0.486 e. The summed E-state index contributed by atoms with van der Waals surface area (Å²) in [6.07, 6.45) is 1.64. The molecule has 1 fully saturated rings. The molecule has 0 saturated carbocycles. The second-order valence-corrected chi connectivity index (χ2v) is 6.82. The van der Waals surface area contributed by atoms with Crippen molar-refractivity contribution in [2.75, 3.05) is 23.7 Å². The second kappa shape index (κ2) is 6.54. The zero-order valence-corrected chi connectivity index (χ0v) is 13.6. The molecule has 1 aliphatic rings. The van der Waals surface area contributed by atoms with Crippen molar-refractivity contribution >= 4 is 22.0 Å². The highest BCUT2D eigenvalue weighted by atomic mass is 32.1. The summed E-state index contributed by atoms with van der Waals surface area (Å²) in [7, 11) is 0. The van der Waals surface area contributed by atoms with Gasteiger partial charge in [0.1, 0.15) is 21.6 Å². The molecule has 6 heteroatoms. The summed E-state index contributed by atoms with van der Waals surface area (Å²) in [5, 5.41) is 19.8. The Balaban J connectivity index is 2.22. The van der Waals surface area contributed by atoms with E-state index in [-0.39, 0.29) is 12.2 Å². The lowest BCUT2D eigenvalue weighted by Gasteiger charge is -2.34. The number of ether oxygens (including phenoxy) is 1. The molecule has 1 aromatic rings. The van der Waals surface area contributed by atoms with E-state index in [1.807, 2.05) is 20.8 Å². The molecule has 1 aliphatic heterocycles. The zero-order chi connectivity index (χ0) is 15.6. The lowest BCUT2D eigenvalue weighted by Crippen LogP contribution is -2.36. The van der Waals surface area contributed by atoms with Crippen LogP contribution >= 0.6 is 11.3 Å². The summed E-state index contributed by atoms with van der Waals surface area (Å²) >= 11 is 1.40. The molecule has 1 atom stereocenters. The van der Waals surface area contributed by atoms with Gasteiger partial charge in [0.05, 0.1) is 12.2 Å². The molecular formula is C15H23N3O2S. The van der Waals surface area contributed by atoms with E-state index in [9.17, 15) is 10.4 Å². The number of nitrogens with two attached hydrogens (primary N) is 1. The normalized spacial score (nSPS) is 17.8. The fourth-order valence-corrected chi connectivity index (χ4v) is 3.65. The third kappa shape index (κ3) is 3.42. The highest BCUT2D eigenvalue weighted by Crippen LogP contribution is 2.46. The predicted molar refractivity (Wildman–Crippen MR) is 85.8 cm³/mol. The lowest BCUT2D eigenvalue weighted by molar-refractivity contribution is 0.110. The molecular weight excluding hydrogens is 286 g/mol. The SMILES string of the molecule is CC(C)Oc1c(N2CCC(C(C)O)CC2)sc(C#N)c1N. The maximum Gasteiger partial charge on any atom is 0.178 e. The van der Waals surface area contributed by atoms with Crippen LogP contribution in [-0.2, 0) is 0 Å². The number of thiophene rings is 1. The molecule has 0 aliphatic carbocycles. The van der Waals surface area contributed by atoms with Crippen molar-refractivity contribution < 1.29 is 9.84 Å². The van der Waals surface area contributed by atoms with Crippen molar-refractivity contribution in [3.05, 3.63) is 4.88 Å². The van der Waals surface area contributed by atoms with E-state index in [1.165, 1.54) is 11.3 Å². The Morgan fingerprint density at radius 3 is 2.48 bits per heavy atom. The fraction of sp³-hybridized carbons (Fsp3) is 0.667. The van der Waals surface area contributed by atoms with Gasteiger partial charge in [0.25, 0.3) is 0 Å². The number of aliphatic hydroxyl groups is 1. The van der Waals surface area contributed by atoms with Gasteiger partial charge in [-0.05, 0) is 39.5 Å². The first kappa shape index (κ1) is 15.9. The quantitative estimate of drug-likeness (QED) is 0.893. The molecule has 3 N–H and O–H groups in total. The maximum absolute atomic E-state index is 9.69. The van der Waals surface area contributed by atoms with Gasteiger partial charge in [-0.3, -0.25) is 0 Å². The first-order valence-electron chi connectivity index (χ1n) is 7.36. The van der Waals surface area contributed by atoms with E-state index in [4.69, 9.17) is 10.5 Å². The van der Waals surface area contributed by atoms with Crippen LogP contribution in [0, 0.1) is 17.2 Å². The number of anilines is 2. The molecule has 5 nitrogen and oxygen atoms in total. The molecule has 0 amide bonds. The van der Waals surface area contributed by atoms with E-state index >= 15 is 0 Å². The van der Waals surface area contributed by atoms with E-state index in [1.54, 1.807) is 0 Å². The third-order valence-corrected chi connectivity index (χ3v) is 5.00. The van der Waals surface area contributed by atoms with Crippen LogP contribution in [0.15, 0.2) is 0 Å². The smallest absolute Gasteiger partial charge is 0.178 e. The molecule has 0 radical (unpaired) electrons. The maximum atomic E-state index is 9.69. The van der Waals surface area contributed by atoms with Gasteiger partial charge in [0.2, 0.25) is 0 Å². The summed E-state index contributed by atoms with van der Waals surface area (Å²) in [5.41, 5.74) is 6.49. The summed E-state index contributed by atoms with van der Waals surface area (Å²) in [4.78, 5) is 2.73. The number of hydrogen-bond donors (Lipinski definition) is 2. The number of rotatable bonds is 4. The van der Waals surface area contributed by atoms with Gasteiger partial charge in [-0.2, -0.15) is 5.26 Å². The van der Waals surface area contributed by atoms with Crippen LogP contribution in [0.1, 0.15) is 38.5 Å². The van der Waals surface area contributed by atoms with Crippen molar-refractivity contribution in [2.24, 2.45) is 5.92 Å². The number of nitrogens with zero attached hydrogens (tertiary/aromatic N) is 2. The standard InChI is InChI=1S/C15H23N3O2S/c1-9(2)20-14-13(17)12(8-16)21-15(14)18-6-4-11(5-7-18)10(3)19/h9-11,19H,4-7,17H2,1-3H3. The molecule has 116 valence electrons. The van der Waals surface area contributed by atoms with Gasteiger partial charge in [-0.15, -0.1) is 11.3 Å². The average molecular weight is 309 g/mol. The Hall–Kier alpha value is -1.45. The lowest BCUT2D eigenvalue weighted by atomic mass is 9.92. The average Bonchev–Trinajstić information content (AvgIpc) is 2.75. The highest BCUT2D eigenvalue weighted by Gasteiger charge is 2.28. The van der Waals surface area contributed by atoms with Crippen molar-refractivity contribution in [3.8, 4) is 11.8 Å². The van der Waals surface area contributed by atoms with E-state index in [0.717, 1.165) is 30.9 Å². The summed E-state index contributed by atoms with van der Waals surface area (Å²) < 4.78 is 5.83. The van der Waals surface area contributed by atoms with Crippen LogP contribution in [0.2, 0.25) is 0 Å². The molecule has 0 aromatic carbocycles. The van der Waals surface area contributed by atoms with Gasteiger partial charge in [-0.1, -0.05) is 0 Å². The number of nitrogen functional groups attached to an aromatic ring is 1. The highest BCUT2D eigenvalue weighted by molar-refractivity contribution is 7.17. The topological polar surface area (TPSA) is 82.5 Å². The van der Waals surface area contributed by atoms with Crippen LogP contribution in [0.3, 0.4) is 0 Å². The zero-order valence-electron chi connectivity index (χ0n) is 12.8. The monoisotopic (exact) mass is 309 g/mol. The number of aliphatic hydroxyl groups excluding tert-OH is 1. The molecule has 21 heavy (non-hydrogen) atoms. The predicted octanol–water partition coefficient (Wildman–Crippen LogP) is 2.59. The third-order valence-electron chi connectivity index (χ3n) is 3.85. The molecule has 0 bridgehead atoms.